The normalized spacial score (nSPS) is 12.4. The van der Waals surface area contributed by atoms with Gasteiger partial charge >= 0.3 is 0 Å². The topological polar surface area (TPSA) is 42.2 Å². The minimum Gasteiger partial charge on any atom is -0.459 e. The van der Waals surface area contributed by atoms with Crippen molar-refractivity contribution in [1.29, 1.82) is 0 Å². The third-order valence-electron chi connectivity index (χ3n) is 3.90. The van der Waals surface area contributed by atoms with Gasteiger partial charge in [-0.15, -0.1) is 0 Å². The molecule has 22 heavy (non-hydrogen) atoms. The van der Waals surface area contributed by atoms with E-state index in [0.717, 1.165) is 24.0 Å². The summed E-state index contributed by atoms with van der Waals surface area (Å²) >= 11 is 0. The molecular weight excluding hydrogens is 274 g/mol. The van der Waals surface area contributed by atoms with Gasteiger partial charge < -0.3 is 9.73 Å². The van der Waals surface area contributed by atoms with E-state index < -0.39 is 0 Å². The lowest BCUT2D eigenvalue weighted by Gasteiger charge is -2.23. The fourth-order valence-electron chi connectivity index (χ4n) is 2.63. The second-order valence-corrected chi connectivity index (χ2v) is 6.12. The molecule has 0 aliphatic carbocycles. The van der Waals surface area contributed by atoms with Crippen molar-refractivity contribution in [1.82, 2.24) is 5.32 Å². The third kappa shape index (κ3) is 3.79. The minimum absolute atomic E-state index is 0.0207. The highest BCUT2D eigenvalue weighted by Gasteiger charge is 2.21. The van der Waals surface area contributed by atoms with Gasteiger partial charge in [0.15, 0.2) is 5.76 Å². The highest BCUT2D eigenvalue weighted by Crippen LogP contribution is 2.23. The summed E-state index contributed by atoms with van der Waals surface area (Å²) in [5, 5.41) is 3.09. The molecule has 0 bridgehead atoms. The number of furan rings is 1. The van der Waals surface area contributed by atoms with Crippen LogP contribution in [-0.4, -0.2) is 5.91 Å². The maximum atomic E-state index is 12.4. The SMILES string of the molecule is CCCc1ccc([C@H](NC(=O)c2occc2C)C(C)C)cc1. The molecule has 0 unspecified atom stereocenters. The zero-order chi connectivity index (χ0) is 16.1. The second kappa shape index (κ2) is 7.30. The first-order chi connectivity index (χ1) is 10.5. The number of carbonyl (C=O) groups excluding carboxylic acids is 1. The van der Waals surface area contributed by atoms with Crippen LogP contribution in [0.3, 0.4) is 0 Å². The lowest BCUT2D eigenvalue weighted by atomic mass is 9.94. The molecule has 0 radical (unpaired) electrons. The molecule has 0 aliphatic heterocycles. The Morgan fingerprint density at radius 2 is 1.86 bits per heavy atom. The molecular formula is C19H25NO2. The van der Waals surface area contributed by atoms with Crippen LogP contribution < -0.4 is 5.32 Å². The Hall–Kier alpha value is -2.03. The molecule has 2 aromatic rings. The Balaban J connectivity index is 2.16. The Labute approximate surface area is 132 Å². The lowest BCUT2D eigenvalue weighted by Crippen LogP contribution is -2.31. The number of hydrogen-bond acceptors (Lipinski definition) is 2. The van der Waals surface area contributed by atoms with E-state index in [1.165, 1.54) is 5.56 Å². The molecule has 1 heterocycles. The Morgan fingerprint density at radius 1 is 1.18 bits per heavy atom. The third-order valence-corrected chi connectivity index (χ3v) is 3.90. The number of rotatable bonds is 6. The molecule has 3 heteroatoms. The van der Waals surface area contributed by atoms with Gasteiger partial charge in [0, 0.05) is 5.56 Å². The summed E-state index contributed by atoms with van der Waals surface area (Å²) in [6.07, 6.45) is 3.78. The molecule has 1 aromatic heterocycles. The summed E-state index contributed by atoms with van der Waals surface area (Å²) in [5.41, 5.74) is 3.33. The van der Waals surface area contributed by atoms with Crippen molar-refractivity contribution < 1.29 is 9.21 Å². The fraction of sp³-hybridized carbons (Fsp3) is 0.421. The van der Waals surface area contributed by atoms with Crippen molar-refractivity contribution in [3.8, 4) is 0 Å². The molecule has 1 N–H and O–H groups in total. The van der Waals surface area contributed by atoms with Crippen molar-refractivity contribution in [3.05, 3.63) is 59.0 Å². The summed E-state index contributed by atoms with van der Waals surface area (Å²) in [5.74, 6) is 0.545. The predicted octanol–water partition coefficient (Wildman–Crippen LogP) is 4.67. The van der Waals surface area contributed by atoms with Gasteiger partial charge in [-0.1, -0.05) is 51.5 Å². The molecule has 3 nitrogen and oxygen atoms in total. The molecule has 118 valence electrons. The lowest BCUT2D eigenvalue weighted by molar-refractivity contribution is 0.0896. The number of hydrogen-bond donors (Lipinski definition) is 1. The summed E-state index contributed by atoms with van der Waals surface area (Å²) in [7, 11) is 0. The van der Waals surface area contributed by atoms with Crippen LogP contribution in [0.4, 0.5) is 0 Å². The van der Waals surface area contributed by atoms with Crippen LogP contribution in [0, 0.1) is 12.8 Å². The van der Waals surface area contributed by atoms with Crippen LogP contribution in [0.1, 0.15) is 60.5 Å². The van der Waals surface area contributed by atoms with Gasteiger partial charge in [-0.05, 0) is 36.5 Å². The Bertz CT molecular complexity index is 611. The molecule has 1 atom stereocenters. The number of benzene rings is 1. The Kier molecular flexibility index (Phi) is 5.42. The minimum atomic E-state index is -0.154. The standard InChI is InChI=1S/C19H25NO2/c1-5-6-15-7-9-16(10-8-15)17(13(2)3)20-19(21)18-14(4)11-12-22-18/h7-13,17H,5-6H2,1-4H3,(H,20,21)/t17-/m1/s1. The van der Waals surface area contributed by atoms with E-state index in [-0.39, 0.29) is 11.9 Å². The van der Waals surface area contributed by atoms with E-state index in [4.69, 9.17) is 4.42 Å². The van der Waals surface area contributed by atoms with Crippen LogP contribution in [0.15, 0.2) is 41.0 Å². The quantitative estimate of drug-likeness (QED) is 0.842. The smallest absolute Gasteiger partial charge is 0.287 e. The summed E-state index contributed by atoms with van der Waals surface area (Å²) < 4.78 is 5.28. The van der Waals surface area contributed by atoms with Gasteiger partial charge in [0.25, 0.3) is 5.91 Å². The molecule has 0 aliphatic rings. The Morgan fingerprint density at radius 3 is 2.36 bits per heavy atom. The van der Waals surface area contributed by atoms with Gasteiger partial charge in [-0.3, -0.25) is 4.79 Å². The van der Waals surface area contributed by atoms with Gasteiger partial charge in [-0.25, -0.2) is 0 Å². The van der Waals surface area contributed by atoms with Gasteiger partial charge in [0.1, 0.15) is 0 Å². The first-order valence-corrected chi connectivity index (χ1v) is 7.96. The van der Waals surface area contributed by atoms with Crippen LogP contribution in [-0.2, 0) is 6.42 Å². The zero-order valence-electron chi connectivity index (χ0n) is 13.8. The van der Waals surface area contributed by atoms with Crippen molar-refractivity contribution in [2.75, 3.05) is 0 Å². The maximum Gasteiger partial charge on any atom is 0.287 e. The van der Waals surface area contributed by atoms with Crippen LogP contribution in [0.2, 0.25) is 0 Å². The maximum absolute atomic E-state index is 12.4. The van der Waals surface area contributed by atoms with E-state index >= 15 is 0 Å². The zero-order valence-corrected chi connectivity index (χ0v) is 13.8. The van der Waals surface area contributed by atoms with E-state index in [2.05, 4.69) is 50.4 Å². The van der Waals surface area contributed by atoms with Crippen molar-refractivity contribution in [3.63, 3.8) is 0 Å². The average Bonchev–Trinajstić information content (AvgIpc) is 2.92. The van der Waals surface area contributed by atoms with Crippen LogP contribution in [0.5, 0.6) is 0 Å². The number of nitrogens with one attached hydrogen (secondary N) is 1. The molecule has 0 saturated heterocycles. The summed E-state index contributed by atoms with van der Waals surface area (Å²) in [4.78, 5) is 12.4. The van der Waals surface area contributed by atoms with E-state index in [1.807, 2.05) is 6.92 Å². The van der Waals surface area contributed by atoms with Gasteiger partial charge in [-0.2, -0.15) is 0 Å². The monoisotopic (exact) mass is 299 g/mol. The molecule has 2 rings (SSSR count). The largest absolute Gasteiger partial charge is 0.459 e. The van der Waals surface area contributed by atoms with Gasteiger partial charge in [0.2, 0.25) is 0 Å². The van der Waals surface area contributed by atoms with Crippen molar-refractivity contribution >= 4 is 5.91 Å². The van der Waals surface area contributed by atoms with Crippen molar-refractivity contribution in [2.24, 2.45) is 5.92 Å². The number of amides is 1. The second-order valence-electron chi connectivity index (χ2n) is 6.12. The molecule has 1 amide bonds. The van der Waals surface area contributed by atoms with Crippen LogP contribution in [0.25, 0.3) is 0 Å². The average molecular weight is 299 g/mol. The molecule has 1 aromatic carbocycles. The van der Waals surface area contributed by atoms with E-state index in [9.17, 15) is 4.79 Å². The predicted molar refractivity (Wildman–Crippen MR) is 88.9 cm³/mol. The summed E-state index contributed by atoms with van der Waals surface area (Å²) in [6, 6.07) is 10.3. The van der Waals surface area contributed by atoms with Gasteiger partial charge in [0.05, 0.1) is 12.3 Å². The summed E-state index contributed by atoms with van der Waals surface area (Å²) in [6.45, 7) is 8.28. The highest BCUT2D eigenvalue weighted by atomic mass is 16.3. The molecule has 0 spiro atoms. The first-order valence-electron chi connectivity index (χ1n) is 7.96. The van der Waals surface area contributed by atoms with Crippen molar-refractivity contribution in [2.45, 2.75) is 46.6 Å². The van der Waals surface area contributed by atoms with E-state index in [0.29, 0.717) is 11.7 Å². The number of aryl methyl sites for hydroxylation is 2. The number of carbonyl (C=O) groups is 1. The molecule has 0 saturated carbocycles. The van der Waals surface area contributed by atoms with Crippen LogP contribution >= 0.6 is 0 Å². The highest BCUT2D eigenvalue weighted by molar-refractivity contribution is 5.93. The van der Waals surface area contributed by atoms with E-state index in [1.54, 1.807) is 12.3 Å². The molecule has 0 fully saturated rings. The fourth-order valence-corrected chi connectivity index (χ4v) is 2.63. The first kappa shape index (κ1) is 16.3.